The van der Waals surface area contributed by atoms with Crippen molar-refractivity contribution in [3.8, 4) is 0 Å². The maximum absolute atomic E-state index is 8.76. The smallest absolute Gasteiger partial charge is 0.0443 e. The molecule has 0 aromatic carbocycles. The molecule has 78 valence electrons. The maximum atomic E-state index is 8.76. The van der Waals surface area contributed by atoms with E-state index in [1.807, 2.05) is 0 Å². The molecule has 1 aliphatic rings. The topological polar surface area (TPSA) is 23.5 Å². The van der Waals surface area contributed by atoms with Gasteiger partial charge in [-0.05, 0) is 32.2 Å². The van der Waals surface area contributed by atoms with Crippen molar-refractivity contribution in [2.45, 2.75) is 38.1 Å². The van der Waals surface area contributed by atoms with E-state index in [4.69, 9.17) is 16.7 Å². The molecular weight excluding hydrogens is 186 g/mol. The Balaban J connectivity index is 2.16. The zero-order chi connectivity index (χ0) is 9.52. The van der Waals surface area contributed by atoms with E-state index in [9.17, 15) is 0 Å². The van der Waals surface area contributed by atoms with Gasteiger partial charge in [0, 0.05) is 25.1 Å². The molecule has 0 spiro atoms. The monoisotopic (exact) mass is 205 g/mol. The third-order valence-corrected chi connectivity index (χ3v) is 3.04. The first-order chi connectivity index (χ1) is 6.38. The van der Waals surface area contributed by atoms with Crippen LogP contribution in [0.15, 0.2) is 0 Å². The Kier molecular flexibility index (Phi) is 5.76. The minimum absolute atomic E-state index is 0.310. The predicted molar refractivity (Wildman–Crippen MR) is 56.3 cm³/mol. The van der Waals surface area contributed by atoms with Gasteiger partial charge in [-0.25, -0.2) is 0 Å². The summed E-state index contributed by atoms with van der Waals surface area (Å²) in [6.45, 7) is 2.45. The van der Waals surface area contributed by atoms with Crippen molar-refractivity contribution >= 4 is 11.6 Å². The van der Waals surface area contributed by atoms with Crippen LogP contribution in [0.2, 0.25) is 0 Å². The summed E-state index contributed by atoms with van der Waals surface area (Å²) in [6, 6.07) is 0.787. The van der Waals surface area contributed by atoms with Gasteiger partial charge in [-0.3, -0.25) is 0 Å². The lowest BCUT2D eigenvalue weighted by atomic mass is 9.91. The standard InChI is InChI=1S/C10H20ClNO/c11-6-2-7-12(8-3-9-13)10-4-1-5-10/h10,13H,1-9H2. The number of alkyl halides is 1. The van der Waals surface area contributed by atoms with Gasteiger partial charge in [0.1, 0.15) is 0 Å². The molecular formula is C10H20ClNO. The molecule has 1 N–H and O–H groups in total. The molecule has 0 heterocycles. The number of nitrogens with zero attached hydrogens (tertiary/aromatic N) is 1. The molecule has 0 saturated heterocycles. The fourth-order valence-corrected chi connectivity index (χ4v) is 1.88. The highest BCUT2D eigenvalue weighted by Crippen LogP contribution is 2.24. The van der Waals surface area contributed by atoms with Crippen LogP contribution in [-0.4, -0.2) is 41.6 Å². The Morgan fingerprint density at radius 3 is 2.38 bits per heavy atom. The van der Waals surface area contributed by atoms with E-state index >= 15 is 0 Å². The third kappa shape index (κ3) is 3.84. The Labute approximate surface area is 85.9 Å². The fourth-order valence-electron chi connectivity index (χ4n) is 1.77. The van der Waals surface area contributed by atoms with Crippen molar-refractivity contribution in [3.05, 3.63) is 0 Å². The molecule has 1 aliphatic carbocycles. The number of hydrogen-bond acceptors (Lipinski definition) is 2. The predicted octanol–water partition coefficient (Wildman–Crippen LogP) is 1.85. The Morgan fingerprint density at radius 1 is 1.23 bits per heavy atom. The minimum atomic E-state index is 0.310. The highest BCUT2D eigenvalue weighted by atomic mass is 35.5. The normalized spacial score (nSPS) is 17.8. The van der Waals surface area contributed by atoms with Gasteiger partial charge >= 0.3 is 0 Å². The van der Waals surface area contributed by atoms with Crippen molar-refractivity contribution in [1.82, 2.24) is 4.90 Å². The van der Waals surface area contributed by atoms with Crippen LogP contribution in [0.3, 0.4) is 0 Å². The summed E-state index contributed by atoms with van der Waals surface area (Å²) < 4.78 is 0. The number of aliphatic hydroxyl groups is 1. The molecule has 0 atom stereocenters. The average molecular weight is 206 g/mol. The van der Waals surface area contributed by atoms with Gasteiger partial charge in [0.2, 0.25) is 0 Å². The van der Waals surface area contributed by atoms with Crippen molar-refractivity contribution in [1.29, 1.82) is 0 Å². The third-order valence-electron chi connectivity index (χ3n) is 2.77. The summed E-state index contributed by atoms with van der Waals surface area (Å²) in [5, 5.41) is 8.76. The van der Waals surface area contributed by atoms with E-state index in [1.165, 1.54) is 19.3 Å². The second kappa shape index (κ2) is 6.63. The van der Waals surface area contributed by atoms with Gasteiger partial charge in [-0.1, -0.05) is 6.42 Å². The van der Waals surface area contributed by atoms with Crippen LogP contribution in [0.25, 0.3) is 0 Å². The van der Waals surface area contributed by atoms with Gasteiger partial charge < -0.3 is 10.0 Å². The summed E-state index contributed by atoms with van der Waals surface area (Å²) >= 11 is 5.67. The van der Waals surface area contributed by atoms with Crippen molar-refractivity contribution in [2.24, 2.45) is 0 Å². The lowest BCUT2D eigenvalue weighted by Crippen LogP contribution is -2.41. The molecule has 1 fully saturated rings. The van der Waals surface area contributed by atoms with Gasteiger partial charge in [-0.15, -0.1) is 11.6 Å². The summed E-state index contributed by atoms with van der Waals surface area (Å²) in [5.41, 5.74) is 0. The number of aliphatic hydroxyl groups excluding tert-OH is 1. The molecule has 0 aliphatic heterocycles. The van der Waals surface area contributed by atoms with Crippen LogP contribution in [0, 0.1) is 0 Å². The van der Waals surface area contributed by atoms with Crippen molar-refractivity contribution < 1.29 is 5.11 Å². The highest BCUT2D eigenvalue weighted by molar-refractivity contribution is 6.17. The van der Waals surface area contributed by atoms with E-state index in [2.05, 4.69) is 4.90 Å². The zero-order valence-corrected chi connectivity index (χ0v) is 8.97. The molecule has 0 bridgehead atoms. The van der Waals surface area contributed by atoms with E-state index < -0.39 is 0 Å². The van der Waals surface area contributed by atoms with Crippen molar-refractivity contribution in [3.63, 3.8) is 0 Å². The van der Waals surface area contributed by atoms with Crippen LogP contribution in [0.1, 0.15) is 32.1 Å². The van der Waals surface area contributed by atoms with Crippen LogP contribution in [-0.2, 0) is 0 Å². The molecule has 0 aromatic heterocycles. The number of hydrogen-bond donors (Lipinski definition) is 1. The van der Waals surface area contributed by atoms with Crippen LogP contribution in [0.5, 0.6) is 0 Å². The van der Waals surface area contributed by atoms with Crippen molar-refractivity contribution in [2.75, 3.05) is 25.6 Å². The Bertz CT molecular complexity index is 120. The number of halogens is 1. The molecule has 0 unspecified atom stereocenters. The lowest BCUT2D eigenvalue weighted by molar-refractivity contribution is 0.117. The first-order valence-electron chi connectivity index (χ1n) is 5.29. The Hall–Kier alpha value is 0.210. The first kappa shape index (κ1) is 11.3. The lowest BCUT2D eigenvalue weighted by Gasteiger charge is -2.37. The molecule has 3 heteroatoms. The average Bonchev–Trinajstić information content (AvgIpc) is 2.06. The van der Waals surface area contributed by atoms with E-state index in [-0.39, 0.29) is 0 Å². The summed E-state index contributed by atoms with van der Waals surface area (Å²) in [7, 11) is 0. The molecule has 1 saturated carbocycles. The highest BCUT2D eigenvalue weighted by Gasteiger charge is 2.23. The van der Waals surface area contributed by atoms with Crippen LogP contribution in [0.4, 0.5) is 0 Å². The second-order valence-electron chi connectivity index (χ2n) is 3.74. The molecule has 0 aromatic rings. The Morgan fingerprint density at radius 2 is 1.92 bits per heavy atom. The second-order valence-corrected chi connectivity index (χ2v) is 4.12. The van der Waals surface area contributed by atoms with E-state index in [0.717, 1.165) is 37.9 Å². The largest absolute Gasteiger partial charge is 0.396 e. The quantitative estimate of drug-likeness (QED) is 0.642. The van der Waals surface area contributed by atoms with Crippen LogP contribution < -0.4 is 0 Å². The molecule has 2 nitrogen and oxygen atoms in total. The minimum Gasteiger partial charge on any atom is -0.396 e. The summed E-state index contributed by atoms with van der Waals surface area (Å²) in [5.74, 6) is 0.752. The summed E-state index contributed by atoms with van der Waals surface area (Å²) in [4.78, 5) is 2.49. The number of rotatable bonds is 7. The zero-order valence-electron chi connectivity index (χ0n) is 8.21. The molecule has 0 radical (unpaired) electrons. The van der Waals surface area contributed by atoms with Gasteiger partial charge in [0.25, 0.3) is 0 Å². The van der Waals surface area contributed by atoms with E-state index in [0.29, 0.717) is 6.61 Å². The molecule has 0 amide bonds. The maximum Gasteiger partial charge on any atom is 0.0443 e. The molecule has 13 heavy (non-hydrogen) atoms. The fraction of sp³-hybridized carbons (Fsp3) is 1.00. The van der Waals surface area contributed by atoms with Gasteiger partial charge in [0.05, 0.1) is 0 Å². The first-order valence-corrected chi connectivity index (χ1v) is 5.83. The van der Waals surface area contributed by atoms with Gasteiger partial charge in [0.15, 0.2) is 0 Å². The summed E-state index contributed by atoms with van der Waals surface area (Å²) in [6.07, 6.45) is 6.03. The SMILES string of the molecule is OCCCN(CCCCl)C1CCC1. The van der Waals surface area contributed by atoms with E-state index in [1.54, 1.807) is 0 Å². The molecule has 1 rings (SSSR count). The van der Waals surface area contributed by atoms with Gasteiger partial charge in [-0.2, -0.15) is 0 Å². The van der Waals surface area contributed by atoms with Crippen LogP contribution >= 0.6 is 11.6 Å².